The molecule has 0 rings (SSSR count). The fourth-order valence-electron chi connectivity index (χ4n) is 6.39. The van der Waals surface area contributed by atoms with Gasteiger partial charge in [0.05, 0.1) is 37.6 Å². The average Bonchev–Trinajstić information content (AvgIpc) is 3.08. The van der Waals surface area contributed by atoms with Gasteiger partial charge < -0.3 is 29.6 Å². The van der Waals surface area contributed by atoms with Crippen LogP contribution in [-0.4, -0.2) is 75.7 Å². The third kappa shape index (κ3) is 24.5. The lowest BCUT2D eigenvalue weighted by atomic mass is 9.78. The zero-order valence-electron chi connectivity index (χ0n) is 33.7. The molecule has 8 nitrogen and oxygen atoms in total. The molecule has 0 fully saturated rings. The Labute approximate surface area is 318 Å². The molecule has 0 unspecified atom stereocenters. The SMILES string of the molecule is C=CCC(CC=C)(CC=C)CNC(=O)CCCOCCOC(C)(C)CCCCOCCOC(C)(C)CCCC(=O)NCC(CC=C)(CC=C)CC=C. The van der Waals surface area contributed by atoms with Gasteiger partial charge in [0.15, 0.2) is 0 Å². The fraction of sp³-hybridized carbons (Fsp3) is 0.682. The normalized spacial score (nSPS) is 12.2. The summed E-state index contributed by atoms with van der Waals surface area (Å²) in [4.78, 5) is 24.9. The first-order chi connectivity index (χ1) is 24.8. The second-order valence-electron chi connectivity index (χ2n) is 15.4. The van der Waals surface area contributed by atoms with Crippen LogP contribution in [-0.2, 0) is 28.5 Å². The van der Waals surface area contributed by atoms with Gasteiger partial charge in [0, 0.05) is 39.1 Å². The molecule has 0 aromatic rings. The van der Waals surface area contributed by atoms with Crippen molar-refractivity contribution in [1.29, 1.82) is 0 Å². The number of carbonyl (C=O) groups is 2. The minimum atomic E-state index is -0.322. The van der Waals surface area contributed by atoms with Gasteiger partial charge in [-0.1, -0.05) is 36.5 Å². The van der Waals surface area contributed by atoms with Crippen LogP contribution in [0.15, 0.2) is 75.9 Å². The first-order valence-corrected chi connectivity index (χ1v) is 19.4. The van der Waals surface area contributed by atoms with Crippen molar-refractivity contribution in [2.45, 2.75) is 129 Å². The maximum Gasteiger partial charge on any atom is 0.220 e. The molecule has 2 N–H and O–H groups in total. The fourth-order valence-corrected chi connectivity index (χ4v) is 6.39. The van der Waals surface area contributed by atoms with Crippen molar-refractivity contribution in [1.82, 2.24) is 10.6 Å². The molecule has 0 saturated carbocycles. The summed E-state index contributed by atoms with van der Waals surface area (Å²) in [5.74, 6) is 0.0884. The molecular weight excluding hydrogens is 652 g/mol. The van der Waals surface area contributed by atoms with Crippen molar-refractivity contribution < 1.29 is 28.5 Å². The largest absolute Gasteiger partial charge is 0.379 e. The predicted molar refractivity (Wildman–Crippen MR) is 218 cm³/mol. The molecule has 0 aromatic heterocycles. The van der Waals surface area contributed by atoms with E-state index in [0.717, 1.165) is 70.6 Å². The minimum Gasteiger partial charge on any atom is -0.379 e. The zero-order chi connectivity index (χ0) is 39.2. The molecule has 0 atom stereocenters. The van der Waals surface area contributed by atoms with Crippen molar-refractivity contribution in [3.8, 4) is 0 Å². The van der Waals surface area contributed by atoms with E-state index in [-0.39, 0.29) is 33.8 Å². The topological polar surface area (TPSA) is 95.1 Å². The summed E-state index contributed by atoms with van der Waals surface area (Å²) in [7, 11) is 0. The number of hydrogen-bond donors (Lipinski definition) is 2. The molecule has 0 aliphatic heterocycles. The van der Waals surface area contributed by atoms with E-state index in [0.29, 0.717) is 72.0 Å². The molecule has 0 radical (unpaired) electrons. The van der Waals surface area contributed by atoms with Crippen LogP contribution in [0.5, 0.6) is 0 Å². The molecule has 8 heteroatoms. The Hall–Kier alpha value is -2.78. The summed E-state index contributed by atoms with van der Waals surface area (Å²) in [6, 6.07) is 0. The Bertz CT molecular complexity index is 996. The maximum absolute atomic E-state index is 12.6. The van der Waals surface area contributed by atoms with Crippen molar-refractivity contribution >= 4 is 11.8 Å². The number of unbranched alkanes of at least 4 members (excludes halogenated alkanes) is 1. The first kappa shape index (κ1) is 49.2. The number of allylic oxidation sites excluding steroid dienone is 6. The molecule has 0 spiro atoms. The standard InChI is InChI=1S/C44H76N2O6/c1-11-23-43(24-12-2,25-13-3)37-45-39(47)21-19-30-42(9,10)52-35-33-49-31-18-17-29-41(7,8)51-36-34-50-32-20-22-40(48)46-38-44(26-14-4,27-15-5)28-16-6/h11-16H,1-6,17-38H2,7-10H3,(H,45,47)(H,46,48). The van der Waals surface area contributed by atoms with Gasteiger partial charge >= 0.3 is 0 Å². The predicted octanol–water partition coefficient (Wildman–Crippen LogP) is 9.39. The van der Waals surface area contributed by atoms with E-state index >= 15 is 0 Å². The van der Waals surface area contributed by atoms with Crippen molar-refractivity contribution in [3.63, 3.8) is 0 Å². The van der Waals surface area contributed by atoms with Gasteiger partial charge in [-0.15, -0.1) is 39.5 Å². The third-order valence-corrected chi connectivity index (χ3v) is 9.42. The molecule has 52 heavy (non-hydrogen) atoms. The van der Waals surface area contributed by atoms with Crippen LogP contribution >= 0.6 is 0 Å². The Morgan fingerprint density at radius 2 is 0.827 bits per heavy atom. The van der Waals surface area contributed by atoms with Gasteiger partial charge in [-0.3, -0.25) is 9.59 Å². The number of carbonyl (C=O) groups excluding carboxylic acids is 2. The molecule has 2 amide bonds. The summed E-state index contributed by atoms with van der Waals surface area (Å²) in [5.41, 5.74) is -0.778. The highest BCUT2D eigenvalue weighted by Gasteiger charge is 2.28. The van der Waals surface area contributed by atoms with Crippen LogP contribution < -0.4 is 10.6 Å². The number of nitrogens with one attached hydrogen (secondary N) is 2. The number of rotatable bonds is 37. The van der Waals surface area contributed by atoms with Gasteiger partial charge in [-0.2, -0.15) is 0 Å². The van der Waals surface area contributed by atoms with E-state index in [4.69, 9.17) is 18.9 Å². The molecular formula is C44H76N2O6. The van der Waals surface area contributed by atoms with Crippen molar-refractivity contribution in [3.05, 3.63) is 75.9 Å². The number of ether oxygens (including phenoxy) is 4. The monoisotopic (exact) mass is 729 g/mol. The maximum atomic E-state index is 12.6. The van der Waals surface area contributed by atoms with Gasteiger partial charge in [0.2, 0.25) is 11.8 Å². The molecule has 0 aliphatic rings. The van der Waals surface area contributed by atoms with Crippen LogP contribution in [0, 0.1) is 10.8 Å². The van der Waals surface area contributed by atoms with Crippen molar-refractivity contribution in [2.24, 2.45) is 10.8 Å². The van der Waals surface area contributed by atoms with Crippen LogP contribution in [0.4, 0.5) is 0 Å². The molecule has 0 aromatic carbocycles. The van der Waals surface area contributed by atoms with Gasteiger partial charge in [-0.25, -0.2) is 0 Å². The summed E-state index contributed by atoms with van der Waals surface area (Å²) < 4.78 is 23.7. The summed E-state index contributed by atoms with van der Waals surface area (Å²) in [5, 5.41) is 6.19. The van der Waals surface area contributed by atoms with Crippen LogP contribution in [0.3, 0.4) is 0 Å². The molecule has 298 valence electrons. The van der Waals surface area contributed by atoms with E-state index in [9.17, 15) is 9.59 Å². The van der Waals surface area contributed by atoms with Crippen LogP contribution in [0.1, 0.15) is 118 Å². The lowest BCUT2D eigenvalue weighted by Crippen LogP contribution is -2.37. The number of amides is 2. The van der Waals surface area contributed by atoms with Gasteiger partial charge in [0.25, 0.3) is 0 Å². The van der Waals surface area contributed by atoms with E-state index in [1.807, 2.05) is 36.5 Å². The Kier molecular flexibility index (Phi) is 27.2. The highest BCUT2D eigenvalue weighted by Crippen LogP contribution is 2.32. The second kappa shape index (κ2) is 28.7. The highest BCUT2D eigenvalue weighted by atomic mass is 16.5. The van der Waals surface area contributed by atoms with E-state index in [1.54, 1.807) is 0 Å². The second-order valence-corrected chi connectivity index (χ2v) is 15.4. The van der Waals surface area contributed by atoms with Gasteiger partial charge in [-0.05, 0) is 116 Å². The third-order valence-electron chi connectivity index (χ3n) is 9.42. The van der Waals surface area contributed by atoms with E-state index in [2.05, 4.69) is 77.8 Å². The zero-order valence-corrected chi connectivity index (χ0v) is 33.7. The Morgan fingerprint density at radius 1 is 0.481 bits per heavy atom. The Morgan fingerprint density at radius 3 is 1.21 bits per heavy atom. The summed E-state index contributed by atoms with van der Waals surface area (Å²) >= 11 is 0. The molecule has 0 bridgehead atoms. The number of hydrogen-bond acceptors (Lipinski definition) is 6. The lowest BCUT2D eigenvalue weighted by Gasteiger charge is -2.31. The summed E-state index contributed by atoms with van der Waals surface area (Å²) in [6.45, 7) is 36.0. The highest BCUT2D eigenvalue weighted by molar-refractivity contribution is 5.76. The molecule has 0 saturated heterocycles. The molecule has 0 heterocycles. The lowest BCUT2D eigenvalue weighted by molar-refractivity contribution is -0.122. The van der Waals surface area contributed by atoms with E-state index in [1.165, 1.54) is 0 Å². The van der Waals surface area contributed by atoms with Crippen LogP contribution in [0.2, 0.25) is 0 Å². The van der Waals surface area contributed by atoms with Crippen LogP contribution in [0.25, 0.3) is 0 Å². The minimum absolute atomic E-state index is 0.0304. The van der Waals surface area contributed by atoms with Crippen molar-refractivity contribution in [2.75, 3.05) is 52.7 Å². The molecule has 0 aliphatic carbocycles. The quantitative estimate of drug-likeness (QED) is 0.0489. The summed E-state index contributed by atoms with van der Waals surface area (Å²) in [6.07, 6.45) is 22.2. The Balaban J connectivity index is 4.02. The van der Waals surface area contributed by atoms with Gasteiger partial charge in [0.1, 0.15) is 0 Å². The van der Waals surface area contributed by atoms with E-state index < -0.39 is 0 Å². The smallest absolute Gasteiger partial charge is 0.220 e. The first-order valence-electron chi connectivity index (χ1n) is 19.4. The average molecular weight is 729 g/mol.